The van der Waals surface area contributed by atoms with Crippen LogP contribution in [0.3, 0.4) is 0 Å². The largest absolute Gasteiger partial charge is 0.278 e. The van der Waals surface area contributed by atoms with Gasteiger partial charge in [0.1, 0.15) is 0 Å². The number of aromatic nitrogens is 4. The Morgan fingerprint density at radius 1 is 0.465 bits per heavy atom. The molecule has 43 heavy (non-hydrogen) atoms. The van der Waals surface area contributed by atoms with Crippen LogP contribution in [0.5, 0.6) is 0 Å². The van der Waals surface area contributed by atoms with Crippen LogP contribution in [-0.2, 0) is 0 Å². The molecule has 0 spiro atoms. The van der Waals surface area contributed by atoms with E-state index in [1.54, 1.807) is 4.57 Å². The van der Waals surface area contributed by atoms with Crippen LogP contribution in [0.25, 0.3) is 72.8 Å². The third kappa shape index (κ3) is 4.46. The van der Waals surface area contributed by atoms with Crippen molar-refractivity contribution in [1.82, 2.24) is 19.5 Å². The number of para-hydroxylation sites is 1. The molecule has 8 aromatic rings. The van der Waals surface area contributed by atoms with Gasteiger partial charge in [-0.3, -0.25) is 4.57 Å². The molecule has 4 heteroatoms. The summed E-state index contributed by atoms with van der Waals surface area (Å²) in [5, 5.41) is 1.11. The van der Waals surface area contributed by atoms with E-state index in [0.29, 0.717) is 33.5 Å². The highest BCUT2D eigenvalue weighted by Gasteiger charge is 2.19. The average Bonchev–Trinajstić information content (AvgIpc) is 3.50. The summed E-state index contributed by atoms with van der Waals surface area (Å²) in [5.41, 5.74) is 6.47. The van der Waals surface area contributed by atoms with Crippen LogP contribution in [0.4, 0.5) is 0 Å². The molecule has 6 aromatic carbocycles. The maximum absolute atomic E-state index is 9.12. The van der Waals surface area contributed by atoms with Gasteiger partial charge in [0.25, 0.3) is 0 Å². The molecule has 0 aliphatic heterocycles. The molecule has 0 bridgehead atoms. The van der Waals surface area contributed by atoms with Gasteiger partial charge in [-0.05, 0) is 40.4 Å². The molecule has 202 valence electrons. The zero-order valence-electron chi connectivity index (χ0n) is 27.0. The summed E-state index contributed by atoms with van der Waals surface area (Å²) < 4.78 is 37.3. The average molecular weight is 555 g/mol. The normalized spacial score (nSPS) is 12.6. The van der Waals surface area contributed by atoms with E-state index in [1.807, 2.05) is 109 Å². The van der Waals surface area contributed by atoms with Gasteiger partial charge in [-0.2, -0.15) is 9.97 Å². The summed E-state index contributed by atoms with van der Waals surface area (Å²) in [5.74, 6) is 1.17. The zero-order valence-corrected chi connectivity index (χ0v) is 23.0. The summed E-state index contributed by atoms with van der Waals surface area (Å²) in [6.45, 7) is 0. The number of benzene rings is 6. The molecule has 0 amide bonds. The molecular formula is C39H26N4. The van der Waals surface area contributed by atoms with E-state index in [1.165, 1.54) is 0 Å². The van der Waals surface area contributed by atoms with Crippen molar-refractivity contribution < 1.29 is 5.48 Å². The zero-order chi connectivity index (χ0) is 32.1. The van der Waals surface area contributed by atoms with Crippen molar-refractivity contribution >= 4 is 21.8 Å². The van der Waals surface area contributed by atoms with Crippen molar-refractivity contribution in [3.05, 3.63) is 158 Å². The summed E-state index contributed by atoms with van der Waals surface area (Å²) in [7, 11) is 0. The topological polar surface area (TPSA) is 43.6 Å². The number of hydrogen-bond acceptors (Lipinski definition) is 3. The summed E-state index contributed by atoms with van der Waals surface area (Å²) in [4.78, 5) is 14.7. The highest BCUT2D eigenvalue weighted by Crippen LogP contribution is 2.39. The summed E-state index contributed by atoms with van der Waals surface area (Å²) in [6.07, 6.45) is 0. The van der Waals surface area contributed by atoms with Crippen molar-refractivity contribution in [3.8, 4) is 51.0 Å². The Bertz CT molecular complexity index is 2390. The molecule has 4 nitrogen and oxygen atoms in total. The van der Waals surface area contributed by atoms with Gasteiger partial charge in [-0.25, -0.2) is 4.98 Å². The fraction of sp³-hybridized carbons (Fsp3) is 0. The fourth-order valence-corrected chi connectivity index (χ4v) is 5.61. The van der Waals surface area contributed by atoms with Gasteiger partial charge in [0.2, 0.25) is 5.95 Å². The van der Waals surface area contributed by atoms with Crippen molar-refractivity contribution in [1.29, 1.82) is 0 Å². The first-order chi connectivity index (χ1) is 23.0. The molecular weight excluding hydrogens is 524 g/mol. The monoisotopic (exact) mass is 554 g/mol. The molecule has 0 unspecified atom stereocenters. The Kier molecular flexibility index (Phi) is 5.11. The standard InChI is InChI=1S/C39H26N4/c1-4-14-27(15-5-1)30-20-12-21-31(26-30)32-23-13-25-35-36(32)33-22-10-11-24-34(33)43(35)39-41-37(28-16-6-2-7-17-28)40-38(42-39)29-18-8-3-9-19-29/h1-26H/i10D,11D,22D,24D. The lowest BCUT2D eigenvalue weighted by Crippen LogP contribution is -2.06. The predicted molar refractivity (Wildman–Crippen MR) is 176 cm³/mol. The molecule has 0 atom stereocenters. The Morgan fingerprint density at radius 2 is 1.02 bits per heavy atom. The van der Waals surface area contributed by atoms with E-state index in [9.17, 15) is 0 Å². The summed E-state index contributed by atoms with van der Waals surface area (Å²) in [6, 6.07) is 42.6. The highest BCUT2D eigenvalue weighted by atomic mass is 15.2. The molecule has 0 N–H and O–H groups in total. The lowest BCUT2D eigenvalue weighted by atomic mass is 9.96. The van der Waals surface area contributed by atoms with Crippen molar-refractivity contribution in [2.45, 2.75) is 0 Å². The highest BCUT2D eigenvalue weighted by molar-refractivity contribution is 6.15. The van der Waals surface area contributed by atoms with Crippen LogP contribution in [0.15, 0.2) is 158 Å². The first-order valence-corrected chi connectivity index (χ1v) is 14.1. The predicted octanol–water partition coefficient (Wildman–Crippen LogP) is 9.64. The number of rotatable bonds is 5. The lowest BCUT2D eigenvalue weighted by Gasteiger charge is -2.11. The van der Waals surface area contributed by atoms with Gasteiger partial charge in [-0.15, -0.1) is 0 Å². The van der Waals surface area contributed by atoms with Gasteiger partial charge in [-0.1, -0.05) is 139 Å². The van der Waals surface area contributed by atoms with Gasteiger partial charge in [0.05, 0.1) is 16.5 Å². The smallest absolute Gasteiger partial charge is 0.238 e. The number of nitrogens with zero attached hydrogens (tertiary/aromatic N) is 4. The second-order valence-electron chi connectivity index (χ2n) is 10.2. The van der Waals surface area contributed by atoms with Crippen molar-refractivity contribution in [2.24, 2.45) is 0 Å². The minimum atomic E-state index is -0.320. The Hall–Kier alpha value is -5.87. The van der Waals surface area contributed by atoms with Crippen LogP contribution < -0.4 is 0 Å². The Morgan fingerprint density at radius 3 is 1.70 bits per heavy atom. The first kappa shape index (κ1) is 20.9. The van der Waals surface area contributed by atoms with E-state index >= 15 is 0 Å². The van der Waals surface area contributed by atoms with Crippen LogP contribution in [0, 0.1) is 0 Å². The third-order valence-electron chi connectivity index (χ3n) is 7.59. The maximum atomic E-state index is 9.12. The van der Waals surface area contributed by atoms with Crippen LogP contribution >= 0.6 is 0 Å². The molecule has 0 fully saturated rings. The van der Waals surface area contributed by atoms with Crippen molar-refractivity contribution in [3.63, 3.8) is 0 Å². The van der Waals surface area contributed by atoms with E-state index in [4.69, 9.17) is 20.4 Å². The SMILES string of the molecule is [2H]c1c([2H])c([2H])c2c(c1[2H])c1c(-c3cccc(-c4ccccc4)c3)cccc1n2-c1nc(-c2ccccc2)nc(-c2ccccc2)n1. The molecule has 0 saturated carbocycles. The van der Waals surface area contributed by atoms with Gasteiger partial charge >= 0.3 is 0 Å². The third-order valence-corrected chi connectivity index (χ3v) is 7.59. The van der Waals surface area contributed by atoms with Gasteiger partial charge in [0.15, 0.2) is 11.6 Å². The maximum Gasteiger partial charge on any atom is 0.238 e. The first-order valence-electron chi connectivity index (χ1n) is 16.1. The number of hydrogen-bond donors (Lipinski definition) is 0. The van der Waals surface area contributed by atoms with Crippen LogP contribution in [0.2, 0.25) is 0 Å². The van der Waals surface area contributed by atoms with Gasteiger partial charge < -0.3 is 0 Å². The van der Waals surface area contributed by atoms with E-state index < -0.39 is 0 Å². The molecule has 2 heterocycles. The molecule has 0 radical (unpaired) electrons. The molecule has 2 aromatic heterocycles. The second-order valence-corrected chi connectivity index (χ2v) is 10.2. The number of fused-ring (bicyclic) bond motifs is 3. The van der Waals surface area contributed by atoms with Crippen LogP contribution in [0.1, 0.15) is 5.48 Å². The second kappa shape index (κ2) is 10.5. The minimum Gasteiger partial charge on any atom is -0.278 e. The van der Waals surface area contributed by atoms with E-state index in [2.05, 4.69) is 24.3 Å². The quantitative estimate of drug-likeness (QED) is 0.213. The molecule has 0 aliphatic rings. The van der Waals surface area contributed by atoms with Crippen LogP contribution in [-0.4, -0.2) is 19.5 Å². The van der Waals surface area contributed by atoms with E-state index in [-0.39, 0.29) is 30.1 Å². The van der Waals surface area contributed by atoms with Gasteiger partial charge in [0, 0.05) is 21.9 Å². The Balaban J connectivity index is 1.48. The van der Waals surface area contributed by atoms with E-state index in [0.717, 1.165) is 33.4 Å². The fourth-order valence-electron chi connectivity index (χ4n) is 5.61. The minimum absolute atomic E-state index is 0.114. The molecule has 0 aliphatic carbocycles. The Labute approximate surface area is 255 Å². The lowest BCUT2D eigenvalue weighted by molar-refractivity contribution is 0.953. The summed E-state index contributed by atoms with van der Waals surface area (Å²) >= 11 is 0. The van der Waals surface area contributed by atoms with Crippen molar-refractivity contribution in [2.75, 3.05) is 0 Å². The molecule has 8 rings (SSSR count). The molecule has 0 saturated heterocycles.